The molecule has 2 N–H and O–H groups in total. The summed E-state index contributed by atoms with van der Waals surface area (Å²) >= 11 is 0. The van der Waals surface area contributed by atoms with Crippen LogP contribution >= 0.6 is 0 Å². The van der Waals surface area contributed by atoms with Crippen LogP contribution in [0.5, 0.6) is 0 Å². The Labute approximate surface area is 110 Å². The SMILES string of the molecule is O=C(O)[C@H]1CCCC[C@@H]1C(=O)Nc1ccc(F)cc1. The lowest BCUT2D eigenvalue weighted by molar-refractivity contribution is -0.147. The van der Waals surface area contributed by atoms with E-state index in [-0.39, 0.29) is 11.7 Å². The Morgan fingerprint density at radius 1 is 1.11 bits per heavy atom. The lowest BCUT2D eigenvalue weighted by Gasteiger charge is -2.27. The minimum absolute atomic E-state index is 0.293. The first-order valence-corrected chi connectivity index (χ1v) is 6.37. The van der Waals surface area contributed by atoms with Crippen molar-refractivity contribution in [2.45, 2.75) is 25.7 Å². The quantitative estimate of drug-likeness (QED) is 0.883. The number of amides is 1. The second kappa shape index (κ2) is 5.82. The van der Waals surface area contributed by atoms with Crippen molar-refractivity contribution in [3.8, 4) is 0 Å². The van der Waals surface area contributed by atoms with E-state index >= 15 is 0 Å². The highest BCUT2D eigenvalue weighted by molar-refractivity contribution is 5.95. The number of carbonyl (C=O) groups is 2. The number of hydrogen-bond acceptors (Lipinski definition) is 2. The Hall–Kier alpha value is -1.91. The maximum Gasteiger partial charge on any atom is 0.307 e. The van der Waals surface area contributed by atoms with E-state index in [0.29, 0.717) is 18.5 Å². The summed E-state index contributed by atoms with van der Waals surface area (Å²) in [5.74, 6) is -2.71. The van der Waals surface area contributed by atoms with Crippen molar-refractivity contribution in [2.24, 2.45) is 11.8 Å². The molecule has 1 aromatic rings. The van der Waals surface area contributed by atoms with Crippen LogP contribution in [0.15, 0.2) is 24.3 Å². The highest BCUT2D eigenvalue weighted by Gasteiger charge is 2.35. The molecule has 2 rings (SSSR count). The van der Waals surface area contributed by atoms with Crippen LogP contribution in [0.4, 0.5) is 10.1 Å². The van der Waals surface area contributed by atoms with E-state index in [2.05, 4.69) is 5.32 Å². The summed E-state index contributed by atoms with van der Waals surface area (Å²) in [5.41, 5.74) is 0.487. The first kappa shape index (κ1) is 13.5. The maximum atomic E-state index is 12.8. The molecular formula is C14H16FNO3. The summed E-state index contributed by atoms with van der Waals surface area (Å²) in [6.45, 7) is 0. The van der Waals surface area contributed by atoms with Crippen LogP contribution in [-0.2, 0) is 9.59 Å². The van der Waals surface area contributed by atoms with Crippen molar-refractivity contribution in [1.29, 1.82) is 0 Å². The molecule has 0 unspecified atom stereocenters. The molecule has 0 aliphatic heterocycles. The largest absolute Gasteiger partial charge is 0.481 e. The standard InChI is InChI=1S/C14H16FNO3/c15-9-5-7-10(8-6-9)16-13(17)11-3-1-2-4-12(11)14(18)19/h5-8,11-12H,1-4H2,(H,16,17)(H,18,19)/t11-,12-/m0/s1. The zero-order valence-electron chi connectivity index (χ0n) is 10.4. The summed E-state index contributed by atoms with van der Waals surface area (Å²) in [7, 11) is 0. The molecule has 0 radical (unpaired) electrons. The number of nitrogens with one attached hydrogen (secondary N) is 1. The van der Waals surface area contributed by atoms with Crippen LogP contribution in [0.25, 0.3) is 0 Å². The third kappa shape index (κ3) is 3.30. The molecule has 1 aromatic carbocycles. The first-order chi connectivity index (χ1) is 9.08. The zero-order valence-corrected chi connectivity index (χ0v) is 10.4. The van der Waals surface area contributed by atoms with Gasteiger partial charge in [0.15, 0.2) is 0 Å². The van der Waals surface area contributed by atoms with Crippen LogP contribution in [0, 0.1) is 17.7 Å². The van der Waals surface area contributed by atoms with E-state index in [1.165, 1.54) is 24.3 Å². The van der Waals surface area contributed by atoms with Crippen LogP contribution in [0.2, 0.25) is 0 Å². The summed E-state index contributed by atoms with van der Waals surface area (Å²) < 4.78 is 12.8. The molecule has 5 heteroatoms. The molecule has 19 heavy (non-hydrogen) atoms. The molecular weight excluding hydrogens is 249 g/mol. The number of benzene rings is 1. The van der Waals surface area contributed by atoms with Gasteiger partial charge in [-0.3, -0.25) is 9.59 Å². The molecule has 0 saturated heterocycles. The van der Waals surface area contributed by atoms with E-state index in [1.54, 1.807) is 0 Å². The van der Waals surface area contributed by atoms with Gasteiger partial charge in [-0.2, -0.15) is 0 Å². The van der Waals surface area contributed by atoms with Gasteiger partial charge in [-0.05, 0) is 37.1 Å². The van der Waals surface area contributed by atoms with Gasteiger partial charge in [-0.15, -0.1) is 0 Å². The van der Waals surface area contributed by atoms with Gasteiger partial charge in [0.05, 0.1) is 11.8 Å². The van der Waals surface area contributed by atoms with Gasteiger partial charge in [0.2, 0.25) is 5.91 Å². The van der Waals surface area contributed by atoms with Gasteiger partial charge in [0.1, 0.15) is 5.82 Å². The van der Waals surface area contributed by atoms with Crippen molar-refractivity contribution in [2.75, 3.05) is 5.32 Å². The van der Waals surface area contributed by atoms with Gasteiger partial charge in [-0.25, -0.2) is 4.39 Å². The monoisotopic (exact) mass is 265 g/mol. The fourth-order valence-corrected chi connectivity index (χ4v) is 2.51. The van der Waals surface area contributed by atoms with Crippen LogP contribution in [0.3, 0.4) is 0 Å². The molecule has 0 spiro atoms. The molecule has 2 atom stereocenters. The predicted octanol–water partition coefficient (Wildman–Crippen LogP) is 2.66. The minimum atomic E-state index is -0.918. The molecule has 1 aliphatic carbocycles. The fourth-order valence-electron chi connectivity index (χ4n) is 2.51. The number of anilines is 1. The maximum absolute atomic E-state index is 12.8. The number of aliphatic carboxylic acids is 1. The Kier molecular flexibility index (Phi) is 4.14. The Balaban J connectivity index is 2.05. The van der Waals surface area contributed by atoms with E-state index in [4.69, 9.17) is 5.11 Å². The molecule has 102 valence electrons. The smallest absolute Gasteiger partial charge is 0.307 e. The van der Waals surface area contributed by atoms with Crippen molar-refractivity contribution >= 4 is 17.6 Å². The number of rotatable bonds is 3. The molecule has 4 nitrogen and oxygen atoms in total. The first-order valence-electron chi connectivity index (χ1n) is 6.37. The van der Waals surface area contributed by atoms with Crippen molar-refractivity contribution < 1.29 is 19.1 Å². The number of hydrogen-bond donors (Lipinski definition) is 2. The Bertz CT molecular complexity index is 472. The fraction of sp³-hybridized carbons (Fsp3) is 0.429. The van der Waals surface area contributed by atoms with Crippen molar-refractivity contribution in [3.05, 3.63) is 30.1 Å². The molecule has 0 heterocycles. The summed E-state index contributed by atoms with van der Waals surface area (Å²) in [6.07, 6.45) is 2.84. The highest BCUT2D eigenvalue weighted by Crippen LogP contribution is 2.31. The highest BCUT2D eigenvalue weighted by atomic mass is 19.1. The summed E-state index contributed by atoms with van der Waals surface area (Å²) in [6, 6.07) is 5.44. The van der Waals surface area contributed by atoms with E-state index in [1.807, 2.05) is 0 Å². The van der Waals surface area contributed by atoms with Crippen LogP contribution in [-0.4, -0.2) is 17.0 Å². The van der Waals surface area contributed by atoms with E-state index < -0.39 is 17.8 Å². The van der Waals surface area contributed by atoms with E-state index in [0.717, 1.165) is 12.8 Å². The Morgan fingerprint density at radius 2 is 1.68 bits per heavy atom. The second-order valence-electron chi connectivity index (χ2n) is 4.83. The normalized spacial score (nSPS) is 22.8. The van der Waals surface area contributed by atoms with Gasteiger partial charge < -0.3 is 10.4 Å². The lowest BCUT2D eigenvalue weighted by atomic mass is 9.78. The molecule has 0 bridgehead atoms. The average molecular weight is 265 g/mol. The predicted molar refractivity (Wildman–Crippen MR) is 68.1 cm³/mol. The van der Waals surface area contributed by atoms with E-state index in [9.17, 15) is 14.0 Å². The van der Waals surface area contributed by atoms with Crippen LogP contribution in [0.1, 0.15) is 25.7 Å². The topological polar surface area (TPSA) is 66.4 Å². The molecule has 1 amide bonds. The minimum Gasteiger partial charge on any atom is -0.481 e. The average Bonchev–Trinajstić information content (AvgIpc) is 2.41. The van der Waals surface area contributed by atoms with Gasteiger partial charge in [0, 0.05) is 5.69 Å². The third-order valence-electron chi connectivity index (χ3n) is 3.53. The molecule has 0 aromatic heterocycles. The molecule has 1 fully saturated rings. The lowest BCUT2D eigenvalue weighted by Crippen LogP contribution is -2.36. The molecule has 1 saturated carbocycles. The number of carboxylic acid groups (broad SMARTS) is 1. The van der Waals surface area contributed by atoms with Gasteiger partial charge in [0.25, 0.3) is 0 Å². The van der Waals surface area contributed by atoms with Crippen molar-refractivity contribution in [3.63, 3.8) is 0 Å². The number of carbonyl (C=O) groups excluding carboxylic acids is 1. The number of carboxylic acids is 1. The Morgan fingerprint density at radius 3 is 2.26 bits per heavy atom. The summed E-state index contributed by atoms with van der Waals surface area (Å²) in [5, 5.41) is 11.8. The van der Waals surface area contributed by atoms with Gasteiger partial charge in [-0.1, -0.05) is 12.8 Å². The van der Waals surface area contributed by atoms with Gasteiger partial charge >= 0.3 is 5.97 Å². The third-order valence-corrected chi connectivity index (χ3v) is 3.53. The van der Waals surface area contributed by atoms with Crippen LogP contribution < -0.4 is 5.32 Å². The zero-order chi connectivity index (χ0) is 13.8. The summed E-state index contributed by atoms with van der Waals surface area (Å²) in [4.78, 5) is 23.2. The van der Waals surface area contributed by atoms with Crippen molar-refractivity contribution in [1.82, 2.24) is 0 Å². The second-order valence-corrected chi connectivity index (χ2v) is 4.83. The number of halogens is 1. The molecule has 1 aliphatic rings.